The maximum absolute atomic E-state index is 11.5. The van der Waals surface area contributed by atoms with Gasteiger partial charge in [-0.15, -0.1) is 10.2 Å². The van der Waals surface area contributed by atoms with E-state index in [9.17, 15) is 8.42 Å². The predicted octanol–water partition coefficient (Wildman–Crippen LogP) is 1.64. The molecule has 0 amide bonds. The summed E-state index contributed by atoms with van der Waals surface area (Å²) < 4.78 is 28.6. The molecule has 6 nitrogen and oxygen atoms in total. The van der Waals surface area contributed by atoms with Gasteiger partial charge in [0.1, 0.15) is 0 Å². The third kappa shape index (κ3) is 3.64. The van der Waals surface area contributed by atoms with Crippen LogP contribution in [0.4, 0.5) is 0 Å². The van der Waals surface area contributed by atoms with E-state index >= 15 is 0 Å². The van der Waals surface area contributed by atoms with E-state index in [1.165, 1.54) is 12.1 Å². The van der Waals surface area contributed by atoms with Gasteiger partial charge in [-0.25, -0.2) is 8.42 Å². The van der Waals surface area contributed by atoms with E-state index in [4.69, 9.17) is 4.42 Å². The smallest absolute Gasteiger partial charge is 0.247 e. The summed E-state index contributed by atoms with van der Waals surface area (Å²) in [5.74, 6) is 0.787. The van der Waals surface area contributed by atoms with E-state index in [1.807, 2.05) is 13.8 Å². The van der Waals surface area contributed by atoms with Gasteiger partial charge >= 0.3 is 0 Å². The zero-order chi connectivity index (χ0) is 14.8. The highest BCUT2D eigenvalue weighted by Crippen LogP contribution is 2.21. The first-order valence-electron chi connectivity index (χ1n) is 6.22. The van der Waals surface area contributed by atoms with E-state index in [0.717, 1.165) is 6.26 Å². The summed E-state index contributed by atoms with van der Waals surface area (Å²) in [7, 11) is -3.25. The Bertz CT molecular complexity index is 692. The van der Waals surface area contributed by atoms with E-state index in [2.05, 4.69) is 15.5 Å². The van der Waals surface area contributed by atoms with Crippen molar-refractivity contribution < 1.29 is 12.8 Å². The van der Waals surface area contributed by atoms with Gasteiger partial charge in [-0.05, 0) is 18.2 Å². The molecule has 0 fully saturated rings. The van der Waals surface area contributed by atoms with Crippen molar-refractivity contribution in [2.24, 2.45) is 0 Å². The zero-order valence-corrected chi connectivity index (χ0v) is 12.4. The fourth-order valence-corrected chi connectivity index (χ4v) is 2.26. The first kappa shape index (κ1) is 14.7. The number of hydrogen-bond donors (Lipinski definition) is 1. The van der Waals surface area contributed by atoms with E-state index in [1.54, 1.807) is 12.1 Å². The molecule has 1 aromatic carbocycles. The molecule has 0 bridgehead atoms. The summed E-state index contributed by atoms with van der Waals surface area (Å²) in [5, 5.41) is 11.0. The zero-order valence-electron chi connectivity index (χ0n) is 11.6. The average molecular weight is 295 g/mol. The summed E-state index contributed by atoms with van der Waals surface area (Å²) in [6.07, 6.45) is 1.16. The second-order valence-electron chi connectivity index (χ2n) is 4.84. The number of rotatable bonds is 5. The van der Waals surface area contributed by atoms with Gasteiger partial charge in [0.25, 0.3) is 0 Å². The Labute approximate surface area is 118 Å². The minimum atomic E-state index is -3.25. The van der Waals surface area contributed by atoms with Crippen LogP contribution >= 0.6 is 0 Å². The van der Waals surface area contributed by atoms with Crippen molar-refractivity contribution in [3.8, 4) is 11.5 Å². The van der Waals surface area contributed by atoms with Crippen LogP contribution in [0.1, 0.15) is 19.7 Å². The SMILES string of the molecule is CC(C)NCc1nnc(-c2cccc(S(C)(=O)=O)c2)o1. The molecule has 0 spiro atoms. The van der Waals surface area contributed by atoms with Crippen molar-refractivity contribution >= 4 is 9.84 Å². The first-order valence-corrected chi connectivity index (χ1v) is 8.11. The van der Waals surface area contributed by atoms with E-state index in [-0.39, 0.29) is 4.90 Å². The summed E-state index contributed by atoms with van der Waals surface area (Å²) >= 11 is 0. The monoisotopic (exact) mass is 295 g/mol. The second-order valence-corrected chi connectivity index (χ2v) is 6.85. The van der Waals surface area contributed by atoms with Gasteiger partial charge in [-0.1, -0.05) is 19.9 Å². The van der Waals surface area contributed by atoms with Crippen LogP contribution in [0.5, 0.6) is 0 Å². The summed E-state index contributed by atoms with van der Waals surface area (Å²) in [5.41, 5.74) is 0.594. The van der Waals surface area contributed by atoms with Crippen molar-refractivity contribution in [3.63, 3.8) is 0 Å². The molecule has 0 saturated heterocycles. The predicted molar refractivity (Wildman–Crippen MR) is 74.8 cm³/mol. The molecule has 1 aromatic heterocycles. The molecular formula is C13H17N3O3S. The normalized spacial score (nSPS) is 12.0. The molecule has 20 heavy (non-hydrogen) atoms. The topological polar surface area (TPSA) is 85.1 Å². The molecule has 0 saturated carbocycles. The molecule has 0 atom stereocenters. The molecule has 0 aliphatic rings. The van der Waals surface area contributed by atoms with Gasteiger partial charge in [0.15, 0.2) is 9.84 Å². The lowest BCUT2D eigenvalue weighted by molar-refractivity contribution is 0.459. The van der Waals surface area contributed by atoms with Crippen molar-refractivity contribution in [1.82, 2.24) is 15.5 Å². The molecule has 2 rings (SSSR count). The molecule has 108 valence electrons. The molecule has 0 unspecified atom stereocenters. The number of nitrogens with one attached hydrogen (secondary N) is 1. The second kappa shape index (κ2) is 5.72. The van der Waals surface area contributed by atoms with Crippen LogP contribution in [0.25, 0.3) is 11.5 Å². The summed E-state index contributed by atoms with van der Waals surface area (Å²) in [6, 6.07) is 6.78. The molecule has 1 N–H and O–H groups in total. The largest absolute Gasteiger partial charge is 0.419 e. The molecule has 0 aliphatic carbocycles. The van der Waals surface area contributed by atoms with E-state index < -0.39 is 9.84 Å². The quantitative estimate of drug-likeness (QED) is 0.902. The Morgan fingerprint density at radius 3 is 2.70 bits per heavy atom. The molecule has 0 aliphatic heterocycles. The fraction of sp³-hybridized carbons (Fsp3) is 0.385. The Hall–Kier alpha value is -1.73. The molecule has 7 heteroatoms. The van der Waals surface area contributed by atoms with Crippen molar-refractivity contribution in [1.29, 1.82) is 0 Å². The maximum atomic E-state index is 11.5. The standard InChI is InChI=1S/C13H17N3O3S/c1-9(2)14-8-12-15-16-13(19-12)10-5-4-6-11(7-10)20(3,17)18/h4-7,9,14H,8H2,1-3H3. The minimum absolute atomic E-state index is 0.232. The number of sulfone groups is 1. The lowest BCUT2D eigenvalue weighted by Gasteiger charge is -2.03. The first-order chi connectivity index (χ1) is 9.36. The third-order valence-electron chi connectivity index (χ3n) is 2.64. The Morgan fingerprint density at radius 2 is 2.05 bits per heavy atom. The Balaban J connectivity index is 2.24. The van der Waals surface area contributed by atoms with Crippen LogP contribution in [-0.4, -0.2) is 30.9 Å². The van der Waals surface area contributed by atoms with Crippen LogP contribution in [0.15, 0.2) is 33.6 Å². The molecule has 2 aromatic rings. The highest BCUT2D eigenvalue weighted by atomic mass is 32.2. The number of hydrogen-bond acceptors (Lipinski definition) is 6. The fourth-order valence-electron chi connectivity index (χ4n) is 1.59. The molecule has 0 radical (unpaired) electrons. The van der Waals surface area contributed by atoms with Crippen molar-refractivity contribution in [2.75, 3.05) is 6.26 Å². The van der Waals surface area contributed by atoms with Gasteiger partial charge in [0.05, 0.1) is 11.4 Å². The third-order valence-corrected chi connectivity index (χ3v) is 3.75. The minimum Gasteiger partial charge on any atom is -0.419 e. The van der Waals surface area contributed by atoms with Gasteiger partial charge < -0.3 is 9.73 Å². The van der Waals surface area contributed by atoms with Gasteiger partial charge in [0, 0.05) is 17.9 Å². The Morgan fingerprint density at radius 1 is 1.30 bits per heavy atom. The number of benzene rings is 1. The van der Waals surface area contributed by atoms with Crippen LogP contribution in [0.3, 0.4) is 0 Å². The van der Waals surface area contributed by atoms with E-state index in [0.29, 0.717) is 29.9 Å². The highest BCUT2D eigenvalue weighted by Gasteiger charge is 2.12. The van der Waals surface area contributed by atoms with Crippen LogP contribution in [-0.2, 0) is 16.4 Å². The van der Waals surface area contributed by atoms with Crippen LogP contribution in [0.2, 0.25) is 0 Å². The number of nitrogens with zero attached hydrogens (tertiary/aromatic N) is 2. The highest BCUT2D eigenvalue weighted by molar-refractivity contribution is 7.90. The summed E-state index contributed by atoms with van der Waals surface area (Å²) in [4.78, 5) is 0.232. The van der Waals surface area contributed by atoms with Gasteiger partial charge in [-0.2, -0.15) is 0 Å². The van der Waals surface area contributed by atoms with Gasteiger partial charge in [0.2, 0.25) is 11.8 Å². The van der Waals surface area contributed by atoms with Crippen LogP contribution in [0, 0.1) is 0 Å². The molecular weight excluding hydrogens is 278 g/mol. The van der Waals surface area contributed by atoms with Gasteiger partial charge in [-0.3, -0.25) is 0 Å². The lowest BCUT2D eigenvalue weighted by Crippen LogP contribution is -2.21. The average Bonchev–Trinajstić information content (AvgIpc) is 2.84. The maximum Gasteiger partial charge on any atom is 0.247 e. The number of aromatic nitrogens is 2. The van der Waals surface area contributed by atoms with Crippen molar-refractivity contribution in [3.05, 3.63) is 30.2 Å². The van der Waals surface area contributed by atoms with Crippen molar-refractivity contribution in [2.45, 2.75) is 31.3 Å². The Kier molecular flexibility index (Phi) is 4.20. The molecule has 1 heterocycles. The summed E-state index contributed by atoms with van der Waals surface area (Å²) in [6.45, 7) is 4.52. The lowest BCUT2D eigenvalue weighted by atomic mass is 10.2. The van der Waals surface area contributed by atoms with Crippen LogP contribution < -0.4 is 5.32 Å².